The molecule has 6 nitrogen and oxygen atoms in total. The highest BCUT2D eigenvalue weighted by atomic mass is 35.5. The molecular formula is C16H11ClN2O4. The molecule has 0 saturated heterocycles. The standard InChI is InChI=1S/C16H11ClN2O4/c1-23-13-5-2-8(6-12(13)17)14(20)18-9-3-4-10-11(7-9)16(22)19-15(10)21/h2-7H,1H3,(H,18,20)(H,19,21,22). The van der Waals surface area contributed by atoms with Gasteiger partial charge in [-0.3, -0.25) is 19.7 Å². The van der Waals surface area contributed by atoms with Crippen LogP contribution in [-0.4, -0.2) is 24.8 Å². The van der Waals surface area contributed by atoms with Gasteiger partial charge in [-0.1, -0.05) is 11.6 Å². The van der Waals surface area contributed by atoms with Gasteiger partial charge in [0.25, 0.3) is 17.7 Å². The summed E-state index contributed by atoms with van der Waals surface area (Å²) in [6.45, 7) is 0. The highest BCUT2D eigenvalue weighted by Gasteiger charge is 2.26. The Balaban J connectivity index is 1.84. The quantitative estimate of drug-likeness (QED) is 0.847. The van der Waals surface area contributed by atoms with Crippen molar-refractivity contribution in [2.75, 3.05) is 12.4 Å². The number of amides is 3. The minimum Gasteiger partial charge on any atom is -0.495 e. The van der Waals surface area contributed by atoms with Gasteiger partial charge in [-0.05, 0) is 36.4 Å². The van der Waals surface area contributed by atoms with Gasteiger partial charge >= 0.3 is 0 Å². The van der Waals surface area contributed by atoms with E-state index in [4.69, 9.17) is 16.3 Å². The van der Waals surface area contributed by atoms with Crippen LogP contribution in [0.4, 0.5) is 5.69 Å². The number of ether oxygens (including phenoxy) is 1. The van der Waals surface area contributed by atoms with E-state index in [1.165, 1.54) is 25.3 Å². The molecule has 1 aliphatic rings. The molecule has 0 aliphatic carbocycles. The Morgan fingerprint density at radius 2 is 1.83 bits per heavy atom. The Kier molecular flexibility index (Phi) is 3.75. The maximum Gasteiger partial charge on any atom is 0.259 e. The molecule has 1 aliphatic heterocycles. The number of nitrogens with one attached hydrogen (secondary N) is 2. The molecule has 0 spiro atoms. The molecule has 0 aromatic heterocycles. The second-order valence-corrected chi connectivity index (χ2v) is 5.25. The fourth-order valence-corrected chi connectivity index (χ4v) is 2.51. The van der Waals surface area contributed by atoms with Crippen molar-refractivity contribution in [3.05, 3.63) is 58.1 Å². The predicted molar refractivity (Wildman–Crippen MR) is 84.2 cm³/mol. The zero-order valence-corrected chi connectivity index (χ0v) is 12.7. The summed E-state index contributed by atoms with van der Waals surface area (Å²) in [5, 5.41) is 5.17. The fraction of sp³-hybridized carbons (Fsp3) is 0.0625. The van der Waals surface area contributed by atoms with Crippen LogP contribution in [0.1, 0.15) is 31.1 Å². The van der Waals surface area contributed by atoms with E-state index in [-0.39, 0.29) is 11.5 Å². The molecular weight excluding hydrogens is 320 g/mol. The summed E-state index contributed by atoms with van der Waals surface area (Å²) in [5.74, 6) is -0.839. The second-order valence-electron chi connectivity index (χ2n) is 4.85. The van der Waals surface area contributed by atoms with E-state index in [0.29, 0.717) is 27.6 Å². The van der Waals surface area contributed by atoms with Gasteiger partial charge in [0, 0.05) is 11.3 Å². The number of halogens is 1. The maximum atomic E-state index is 12.2. The zero-order chi connectivity index (χ0) is 16.6. The molecule has 0 radical (unpaired) electrons. The van der Waals surface area contributed by atoms with E-state index in [1.54, 1.807) is 18.2 Å². The number of hydrogen-bond donors (Lipinski definition) is 2. The van der Waals surface area contributed by atoms with E-state index >= 15 is 0 Å². The van der Waals surface area contributed by atoms with E-state index in [1.807, 2.05) is 0 Å². The number of rotatable bonds is 3. The number of methoxy groups -OCH3 is 1. The fourth-order valence-electron chi connectivity index (χ4n) is 2.26. The van der Waals surface area contributed by atoms with Crippen molar-refractivity contribution in [2.45, 2.75) is 0 Å². The van der Waals surface area contributed by atoms with Crippen LogP contribution >= 0.6 is 11.6 Å². The smallest absolute Gasteiger partial charge is 0.259 e. The number of benzene rings is 2. The molecule has 116 valence electrons. The van der Waals surface area contributed by atoms with E-state index in [0.717, 1.165) is 0 Å². The number of hydrogen-bond acceptors (Lipinski definition) is 4. The summed E-state index contributed by atoms with van der Waals surface area (Å²) in [5.41, 5.74) is 1.28. The van der Waals surface area contributed by atoms with Crippen LogP contribution in [0.3, 0.4) is 0 Å². The van der Waals surface area contributed by atoms with Crippen LogP contribution in [0.25, 0.3) is 0 Å². The second kappa shape index (κ2) is 5.73. The van der Waals surface area contributed by atoms with Crippen LogP contribution in [0.15, 0.2) is 36.4 Å². The van der Waals surface area contributed by atoms with Crippen molar-refractivity contribution < 1.29 is 19.1 Å². The van der Waals surface area contributed by atoms with Crippen molar-refractivity contribution in [1.82, 2.24) is 5.32 Å². The Morgan fingerprint density at radius 1 is 1.09 bits per heavy atom. The summed E-state index contributed by atoms with van der Waals surface area (Å²) in [6, 6.07) is 9.15. The topological polar surface area (TPSA) is 84.5 Å². The molecule has 0 fully saturated rings. The molecule has 2 N–H and O–H groups in total. The van der Waals surface area contributed by atoms with Crippen molar-refractivity contribution >= 4 is 35.0 Å². The van der Waals surface area contributed by atoms with Crippen molar-refractivity contribution in [1.29, 1.82) is 0 Å². The molecule has 1 heterocycles. The number of anilines is 1. The van der Waals surface area contributed by atoms with Gasteiger partial charge in [0.15, 0.2) is 0 Å². The Labute approximate surface area is 136 Å². The Morgan fingerprint density at radius 3 is 2.52 bits per heavy atom. The van der Waals surface area contributed by atoms with Crippen molar-refractivity contribution in [2.24, 2.45) is 0 Å². The molecule has 0 bridgehead atoms. The number of imide groups is 1. The first kappa shape index (κ1) is 15.1. The Hall–Kier alpha value is -2.86. The lowest BCUT2D eigenvalue weighted by molar-refractivity contribution is 0.0878. The number of carbonyl (C=O) groups is 3. The van der Waals surface area contributed by atoms with Gasteiger partial charge in [0.05, 0.1) is 23.3 Å². The lowest BCUT2D eigenvalue weighted by Gasteiger charge is -2.08. The van der Waals surface area contributed by atoms with E-state index in [2.05, 4.69) is 10.6 Å². The summed E-state index contributed by atoms with van der Waals surface area (Å²) in [4.78, 5) is 35.3. The summed E-state index contributed by atoms with van der Waals surface area (Å²) >= 11 is 5.99. The molecule has 7 heteroatoms. The summed E-state index contributed by atoms with van der Waals surface area (Å²) < 4.78 is 5.03. The lowest BCUT2D eigenvalue weighted by Crippen LogP contribution is -2.19. The molecule has 2 aromatic carbocycles. The highest BCUT2D eigenvalue weighted by Crippen LogP contribution is 2.26. The van der Waals surface area contributed by atoms with Gasteiger partial charge in [-0.25, -0.2) is 0 Å². The third-order valence-electron chi connectivity index (χ3n) is 3.41. The molecule has 0 saturated carbocycles. The van der Waals surface area contributed by atoms with Crippen molar-refractivity contribution in [3.8, 4) is 5.75 Å². The van der Waals surface area contributed by atoms with Crippen molar-refractivity contribution in [3.63, 3.8) is 0 Å². The zero-order valence-electron chi connectivity index (χ0n) is 12.0. The monoisotopic (exact) mass is 330 g/mol. The average molecular weight is 331 g/mol. The minimum absolute atomic E-state index is 0.237. The molecule has 2 aromatic rings. The largest absolute Gasteiger partial charge is 0.495 e. The average Bonchev–Trinajstić information content (AvgIpc) is 2.81. The lowest BCUT2D eigenvalue weighted by atomic mass is 10.1. The van der Waals surface area contributed by atoms with Crippen LogP contribution < -0.4 is 15.4 Å². The highest BCUT2D eigenvalue weighted by molar-refractivity contribution is 6.32. The first-order valence-electron chi connectivity index (χ1n) is 6.64. The maximum absolute atomic E-state index is 12.2. The van der Waals surface area contributed by atoms with Crippen LogP contribution in [0.2, 0.25) is 5.02 Å². The first-order chi connectivity index (χ1) is 11.0. The van der Waals surface area contributed by atoms with Gasteiger partial charge in [0.2, 0.25) is 0 Å². The molecule has 3 amide bonds. The van der Waals surface area contributed by atoms with Crippen LogP contribution in [0, 0.1) is 0 Å². The van der Waals surface area contributed by atoms with Crippen LogP contribution in [0.5, 0.6) is 5.75 Å². The molecule has 23 heavy (non-hydrogen) atoms. The third kappa shape index (κ3) is 2.76. The minimum atomic E-state index is -0.478. The normalized spacial score (nSPS) is 12.6. The van der Waals surface area contributed by atoms with E-state index < -0.39 is 11.8 Å². The third-order valence-corrected chi connectivity index (χ3v) is 3.70. The Bertz CT molecular complexity index is 848. The summed E-state index contributed by atoms with van der Waals surface area (Å²) in [6.07, 6.45) is 0. The first-order valence-corrected chi connectivity index (χ1v) is 7.02. The molecule has 0 atom stereocenters. The van der Waals surface area contributed by atoms with Gasteiger partial charge in [-0.2, -0.15) is 0 Å². The van der Waals surface area contributed by atoms with Gasteiger partial charge < -0.3 is 10.1 Å². The predicted octanol–water partition coefficient (Wildman–Crippen LogP) is 2.48. The number of carbonyl (C=O) groups excluding carboxylic acids is 3. The van der Waals surface area contributed by atoms with Gasteiger partial charge in [0.1, 0.15) is 5.75 Å². The molecule has 0 unspecified atom stereocenters. The SMILES string of the molecule is COc1ccc(C(=O)Nc2ccc3c(c2)C(=O)NC3=O)cc1Cl. The number of fused-ring (bicyclic) bond motifs is 1. The van der Waals surface area contributed by atoms with Gasteiger partial charge in [-0.15, -0.1) is 0 Å². The summed E-state index contributed by atoms with van der Waals surface area (Å²) in [7, 11) is 1.48. The van der Waals surface area contributed by atoms with Crippen LogP contribution in [-0.2, 0) is 0 Å². The van der Waals surface area contributed by atoms with E-state index in [9.17, 15) is 14.4 Å². The molecule has 3 rings (SSSR count).